The Morgan fingerprint density at radius 1 is 1.19 bits per heavy atom. The molecule has 3 rings (SSSR count). The largest absolute Gasteiger partial charge is 0.434 e. The lowest BCUT2D eigenvalue weighted by molar-refractivity contribution is -0.126. The standard InChI is InChI=1S/C20H18F2N2O2S/c1-13(19-23-15-8-4-6-10-17(15)27-19)24(2)18(25)12-11-14-7-3-5-9-16(14)26-20(21)22/h3-13,20H,1-2H3/b12-11-/t13-/m0/s1. The van der Waals surface area contributed by atoms with Gasteiger partial charge in [0, 0.05) is 18.7 Å². The van der Waals surface area contributed by atoms with Crippen LogP contribution < -0.4 is 4.74 Å². The van der Waals surface area contributed by atoms with Crippen molar-refractivity contribution in [2.24, 2.45) is 0 Å². The first kappa shape index (κ1) is 19.0. The smallest absolute Gasteiger partial charge is 0.387 e. The normalized spacial score (nSPS) is 12.6. The highest BCUT2D eigenvalue weighted by Gasteiger charge is 2.19. The third-order valence-corrected chi connectivity index (χ3v) is 5.34. The average molecular weight is 388 g/mol. The molecule has 0 aliphatic rings. The topological polar surface area (TPSA) is 42.4 Å². The van der Waals surface area contributed by atoms with Gasteiger partial charge in [-0.15, -0.1) is 11.3 Å². The van der Waals surface area contributed by atoms with Gasteiger partial charge in [0.25, 0.3) is 0 Å². The Labute approximate surface area is 159 Å². The number of rotatable bonds is 6. The molecule has 27 heavy (non-hydrogen) atoms. The Bertz CT molecular complexity index is 938. The van der Waals surface area contributed by atoms with Crippen LogP contribution in [0.5, 0.6) is 5.75 Å². The minimum Gasteiger partial charge on any atom is -0.434 e. The highest BCUT2D eigenvalue weighted by atomic mass is 32.1. The van der Waals surface area contributed by atoms with Crippen molar-refractivity contribution in [1.82, 2.24) is 9.88 Å². The predicted octanol–water partition coefficient (Wildman–Crippen LogP) is 5.13. The molecule has 0 spiro atoms. The molecule has 0 aliphatic carbocycles. The summed E-state index contributed by atoms with van der Waals surface area (Å²) in [6.07, 6.45) is 2.82. The minimum atomic E-state index is -2.92. The number of aromatic nitrogens is 1. The second-order valence-electron chi connectivity index (χ2n) is 5.89. The lowest BCUT2D eigenvalue weighted by atomic mass is 10.2. The number of likely N-dealkylation sites (N-methyl/N-ethyl adjacent to an activating group) is 1. The molecule has 7 heteroatoms. The predicted molar refractivity (Wildman–Crippen MR) is 103 cm³/mol. The van der Waals surface area contributed by atoms with Crippen LogP contribution in [0.2, 0.25) is 0 Å². The Kier molecular flexibility index (Phi) is 5.81. The summed E-state index contributed by atoms with van der Waals surface area (Å²) in [5.41, 5.74) is 1.31. The Morgan fingerprint density at radius 2 is 1.89 bits per heavy atom. The monoisotopic (exact) mass is 388 g/mol. The summed E-state index contributed by atoms with van der Waals surface area (Å²) in [7, 11) is 1.69. The summed E-state index contributed by atoms with van der Waals surface area (Å²) >= 11 is 1.54. The first-order chi connectivity index (χ1) is 13.0. The van der Waals surface area contributed by atoms with Gasteiger partial charge in [-0.1, -0.05) is 30.3 Å². The van der Waals surface area contributed by atoms with Gasteiger partial charge in [-0.3, -0.25) is 4.79 Å². The maximum absolute atomic E-state index is 12.5. The molecule has 3 aromatic rings. The Morgan fingerprint density at radius 3 is 2.63 bits per heavy atom. The number of thiazole rings is 1. The van der Waals surface area contributed by atoms with E-state index in [1.807, 2.05) is 31.2 Å². The average Bonchev–Trinajstić information content (AvgIpc) is 3.09. The number of alkyl halides is 2. The van der Waals surface area contributed by atoms with E-state index in [2.05, 4.69) is 9.72 Å². The van der Waals surface area contributed by atoms with Crippen molar-refractivity contribution < 1.29 is 18.3 Å². The van der Waals surface area contributed by atoms with Crippen molar-refractivity contribution in [2.45, 2.75) is 19.6 Å². The molecule has 1 heterocycles. The summed E-state index contributed by atoms with van der Waals surface area (Å²) in [5.74, 6) is -0.230. The fourth-order valence-electron chi connectivity index (χ4n) is 2.53. The number of carbonyl (C=O) groups is 1. The van der Waals surface area contributed by atoms with E-state index in [1.54, 1.807) is 41.5 Å². The van der Waals surface area contributed by atoms with Crippen LogP contribution in [-0.2, 0) is 4.79 Å². The van der Waals surface area contributed by atoms with Crippen molar-refractivity contribution in [3.8, 4) is 5.75 Å². The quantitative estimate of drug-likeness (QED) is 0.550. The SMILES string of the molecule is C[C@@H](c1nc2ccccc2s1)N(C)C(=O)/C=C\c1ccccc1OC(F)F. The third-order valence-electron chi connectivity index (χ3n) is 4.14. The molecule has 0 saturated heterocycles. The summed E-state index contributed by atoms with van der Waals surface area (Å²) < 4.78 is 30.5. The highest BCUT2D eigenvalue weighted by Crippen LogP contribution is 2.29. The summed E-state index contributed by atoms with van der Waals surface area (Å²) in [6.45, 7) is -1.02. The van der Waals surface area contributed by atoms with Gasteiger partial charge in [0.1, 0.15) is 10.8 Å². The number of fused-ring (bicyclic) bond motifs is 1. The minimum absolute atomic E-state index is 0.0263. The molecule has 0 bridgehead atoms. The van der Waals surface area contributed by atoms with Crippen LogP contribution in [0, 0.1) is 0 Å². The van der Waals surface area contributed by atoms with E-state index in [0.29, 0.717) is 5.56 Å². The molecular weight excluding hydrogens is 370 g/mol. The van der Waals surface area contributed by atoms with Crippen LogP contribution in [0.1, 0.15) is 23.5 Å². The van der Waals surface area contributed by atoms with E-state index in [1.165, 1.54) is 18.2 Å². The van der Waals surface area contributed by atoms with Crippen LogP contribution in [0.15, 0.2) is 54.6 Å². The molecule has 0 saturated carbocycles. The zero-order valence-corrected chi connectivity index (χ0v) is 15.6. The van der Waals surface area contributed by atoms with Gasteiger partial charge < -0.3 is 9.64 Å². The fraction of sp³-hybridized carbons (Fsp3) is 0.200. The lowest BCUT2D eigenvalue weighted by Gasteiger charge is -2.21. The zero-order chi connectivity index (χ0) is 19.4. The van der Waals surface area contributed by atoms with Gasteiger partial charge in [-0.05, 0) is 31.2 Å². The van der Waals surface area contributed by atoms with Crippen molar-refractivity contribution in [3.05, 3.63) is 65.2 Å². The van der Waals surface area contributed by atoms with E-state index in [4.69, 9.17) is 0 Å². The van der Waals surface area contributed by atoms with Crippen LogP contribution in [0.3, 0.4) is 0 Å². The van der Waals surface area contributed by atoms with Gasteiger partial charge in [0.05, 0.1) is 16.3 Å². The lowest BCUT2D eigenvalue weighted by Crippen LogP contribution is -2.27. The molecule has 2 aromatic carbocycles. The third kappa shape index (κ3) is 4.49. The van der Waals surface area contributed by atoms with Crippen LogP contribution in [0.4, 0.5) is 8.78 Å². The van der Waals surface area contributed by atoms with Gasteiger partial charge in [0.15, 0.2) is 0 Å². The maximum Gasteiger partial charge on any atom is 0.387 e. The number of carbonyl (C=O) groups excluding carboxylic acids is 1. The van der Waals surface area contributed by atoms with E-state index < -0.39 is 6.61 Å². The number of para-hydroxylation sites is 2. The molecule has 0 unspecified atom stereocenters. The number of halogens is 2. The summed E-state index contributed by atoms with van der Waals surface area (Å²) in [4.78, 5) is 18.6. The molecule has 0 N–H and O–H groups in total. The van der Waals surface area contributed by atoms with Gasteiger partial charge in [-0.25, -0.2) is 4.98 Å². The van der Waals surface area contributed by atoms with E-state index in [-0.39, 0.29) is 17.7 Å². The highest BCUT2D eigenvalue weighted by molar-refractivity contribution is 7.18. The van der Waals surface area contributed by atoms with Gasteiger partial charge in [0.2, 0.25) is 5.91 Å². The van der Waals surface area contributed by atoms with Crippen molar-refractivity contribution >= 4 is 33.5 Å². The number of hydrogen-bond donors (Lipinski definition) is 0. The number of hydrogen-bond acceptors (Lipinski definition) is 4. The molecular formula is C20H18F2N2O2S. The molecule has 140 valence electrons. The molecule has 1 atom stereocenters. The van der Waals surface area contributed by atoms with Crippen LogP contribution in [0.25, 0.3) is 16.3 Å². The van der Waals surface area contributed by atoms with Gasteiger partial charge in [-0.2, -0.15) is 8.78 Å². The van der Waals surface area contributed by atoms with Crippen molar-refractivity contribution in [3.63, 3.8) is 0 Å². The second-order valence-corrected chi connectivity index (χ2v) is 6.96. The van der Waals surface area contributed by atoms with Crippen LogP contribution in [-0.4, -0.2) is 29.5 Å². The van der Waals surface area contributed by atoms with E-state index >= 15 is 0 Å². The molecule has 0 fully saturated rings. The van der Waals surface area contributed by atoms with Crippen molar-refractivity contribution in [2.75, 3.05) is 7.05 Å². The number of ether oxygens (including phenoxy) is 1. The second kappa shape index (κ2) is 8.26. The molecule has 1 amide bonds. The first-order valence-corrected chi connectivity index (χ1v) is 9.11. The first-order valence-electron chi connectivity index (χ1n) is 8.30. The molecule has 1 aromatic heterocycles. The Hall–Kier alpha value is -2.80. The van der Waals surface area contributed by atoms with Gasteiger partial charge >= 0.3 is 6.61 Å². The van der Waals surface area contributed by atoms with E-state index in [9.17, 15) is 13.6 Å². The molecule has 4 nitrogen and oxygen atoms in total. The summed E-state index contributed by atoms with van der Waals surface area (Å²) in [6, 6.07) is 13.9. The van der Waals surface area contributed by atoms with Crippen LogP contribution >= 0.6 is 11.3 Å². The molecule has 0 radical (unpaired) electrons. The Balaban J connectivity index is 1.74. The number of amides is 1. The fourth-order valence-corrected chi connectivity index (χ4v) is 3.59. The number of benzene rings is 2. The zero-order valence-electron chi connectivity index (χ0n) is 14.8. The van der Waals surface area contributed by atoms with E-state index in [0.717, 1.165) is 15.2 Å². The molecule has 0 aliphatic heterocycles. The maximum atomic E-state index is 12.5. The summed E-state index contributed by atoms with van der Waals surface area (Å²) in [5, 5.41) is 0.835. The van der Waals surface area contributed by atoms with Crippen molar-refractivity contribution in [1.29, 1.82) is 0 Å². The number of nitrogens with zero attached hydrogens (tertiary/aromatic N) is 2.